The number of urea groups is 1. The molecule has 0 unspecified atom stereocenters. The highest BCUT2D eigenvalue weighted by atomic mass is 16.5. The number of hydrogen-bond donors (Lipinski definition) is 1. The van der Waals surface area contributed by atoms with Gasteiger partial charge in [0.05, 0.1) is 25.0 Å². The van der Waals surface area contributed by atoms with E-state index < -0.39 is 0 Å². The van der Waals surface area contributed by atoms with Gasteiger partial charge in [-0.25, -0.2) is 4.79 Å². The zero-order valence-corrected chi connectivity index (χ0v) is 11.6. The van der Waals surface area contributed by atoms with Gasteiger partial charge in [-0.3, -0.25) is 0 Å². The van der Waals surface area contributed by atoms with Crippen molar-refractivity contribution in [1.29, 1.82) is 0 Å². The number of hydrogen-bond acceptors (Lipinski definition) is 3. The molecule has 5 nitrogen and oxygen atoms in total. The maximum Gasteiger partial charge on any atom is 0.322 e. The van der Waals surface area contributed by atoms with Crippen LogP contribution in [-0.2, 0) is 4.74 Å². The molecule has 0 aromatic heterocycles. The molecule has 2 rings (SSSR count). The molecule has 0 radical (unpaired) electrons. The molecule has 1 aromatic carbocycles. The number of nitrogens with zero attached hydrogens (tertiary/aromatic N) is 1. The van der Waals surface area contributed by atoms with Crippen LogP contribution in [0.5, 0.6) is 5.75 Å². The normalized spacial score (nSPS) is 23.0. The fourth-order valence-corrected chi connectivity index (χ4v) is 2.29. The Kier molecular flexibility index (Phi) is 4.27. The van der Waals surface area contributed by atoms with Crippen LogP contribution >= 0.6 is 0 Å². The van der Waals surface area contributed by atoms with E-state index in [1.807, 2.05) is 38.1 Å². The first-order chi connectivity index (χ1) is 9.10. The van der Waals surface area contributed by atoms with E-state index in [0.29, 0.717) is 24.5 Å². The molecule has 0 saturated carbocycles. The van der Waals surface area contributed by atoms with Gasteiger partial charge in [0.2, 0.25) is 0 Å². The van der Waals surface area contributed by atoms with E-state index in [-0.39, 0.29) is 18.2 Å². The van der Waals surface area contributed by atoms with Crippen LogP contribution in [-0.4, -0.2) is 43.3 Å². The van der Waals surface area contributed by atoms with Crippen LogP contribution in [0.25, 0.3) is 0 Å². The Morgan fingerprint density at radius 3 is 2.58 bits per heavy atom. The molecule has 1 aromatic rings. The summed E-state index contributed by atoms with van der Waals surface area (Å²) in [6.45, 7) is 5.15. The number of para-hydroxylation sites is 2. The predicted molar refractivity (Wildman–Crippen MR) is 73.6 cm³/mol. The minimum Gasteiger partial charge on any atom is -0.495 e. The first-order valence-corrected chi connectivity index (χ1v) is 6.44. The third-order valence-corrected chi connectivity index (χ3v) is 3.06. The van der Waals surface area contributed by atoms with E-state index in [1.54, 1.807) is 12.0 Å². The number of morpholine rings is 1. The third-order valence-electron chi connectivity index (χ3n) is 3.06. The van der Waals surface area contributed by atoms with Gasteiger partial charge in [-0.1, -0.05) is 12.1 Å². The summed E-state index contributed by atoms with van der Waals surface area (Å²) in [4.78, 5) is 14.0. The Bertz CT molecular complexity index is 440. The van der Waals surface area contributed by atoms with Crippen LogP contribution in [0.2, 0.25) is 0 Å². The molecule has 1 heterocycles. The van der Waals surface area contributed by atoms with Gasteiger partial charge < -0.3 is 19.7 Å². The molecule has 0 spiro atoms. The topological polar surface area (TPSA) is 50.8 Å². The number of benzene rings is 1. The summed E-state index contributed by atoms with van der Waals surface area (Å²) in [5, 5.41) is 2.88. The van der Waals surface area contributed by atoms with Crippen LogP contribution in [0, 0.1) is 0 Å². The van der Waals surface area contributed by atoms with E-state index in [9.17, 15) is 4.79 Å². The number of methoxy groups -OCH3 is 1. The quantitative estimate of drug-likeness (QED) is 0.892. The van der Waals surface area contributed by atoms with Crippen molar-refractivity contribution in [3.8, 4) is 5.75 Å². The molecular weight excluding hydrogens is 244 g/mol. The summed E-state index contributed by atoms with van der Waals surface area (Å²) in [6.07, 6.45) is 0.124. The molecule has 1 saturated heterocycles. The molecule has 1 aliphatic rings. The Morgan fingerprint density at radius 2 is 1.95 bits per heavy atom. The zero-order chi connectivity index (χ0) is 13.8. The van der Waals surface area contributed by atoms with E-state index in [0.717, 1.165) is 0 Å². The van der Waals surface area contributed by atoms with Crippen LogP contribution < -0.4 is 10.1 Å². The molecule has 2 amide bonds. The molecule has 1 aliphatic heterocycles. The highest BCUT2D eigenvalue weighted by Gasteiger charge is 2.26. The predicted octanol–water partition coefficient (Wildman–Crippen LogP) is 2.34. The number of ether oxygens (including phenoxy) is 2. The second-order valence-electron chi connectivity index (χ2n) is 4.79. The van der Waals surface area contributed by atoms with E-state index in [1.165, 1.54) is 0 Å². The fraction of sp³-hybridized carbons (Fsp3) is 0.500. The van der Waals surface area contributed by atoms with Crippen molar-refractivity contribution in [3.05, 3.63) is 24.3 Å². The Hall–Kier alpha value is -1.75. The maximum atomic E-state index is 12.2. The first-order valence-electron chi connectivity index (χ1n) is 6.44. The number of anilines is 1. The first kappa shape index (κ1) is 13.7. The number of nitrogens with one attached hydrogen (secondary N) is 1. The third kappa shape index (κ3) is 3.38. The average molecular weight is 264 g/mol. The highest BCUT2D eigenvalue weighted by molar-refractivity contribution is 5.91. The monoisotopic (exact) mass is 264 g/mol. The molecule has 104 valence electrons. The van der Waals surface area contributed by atoms with Crippen LogP contribution in [0.15, 0.2) is 24.3 Å². The molecule has 19 heavy (non-hydrogen) atoms. The molecule has 0 bridgehead atoms. The van der Waals surface area contributed by atoms with E-state index >= 15 is 0 Å². The van der Waals surface area contributed by atoms with Crippen molar-refractivity contribution >= 4 is 11.7 Å². The Balaban J connectivity index is 2.04. The summed E-state index contributed by atoms with van der Waals surface area (Å²) >= 11 is 0. The lowest BCUT2D eigenvalue weighted by Gasteiger charge is -2.35. The van der Waals surface area contributed by atoms with Gasteiger partial charge in [0.25, 0.3) is 0 Å². The average Bonchev–Trinajstić information content (AvgIpc) is 2.38. The molecule has 1 fully saturated rings. The van der Waals surface area contributed by atoms with Gasteiger partial charge in [0.1, 0.15) is 5.75 Å². The van der Waals surface area contributed by atoms with Crippen LogP contribution in [0.1, 0.15) is 13.8 Å². The van der Waals surface area contributed by atoms with Crippen molar-refractivity contribution in [2.75, 3.05) is 25.5 Å². The maximum absolute atomic E-state index is 12.2. The summed E-state index contributed by atoms with van der Waals surface area (Å²) in [6, 6.07) is 7.26. The summed E-state index contributed by atoms with van der Waals surface area (Å²) in [5.74, 6) is 0.658. The molecule has 1 N–H and O–H groups in total. The highest BCUT2D eigenvalue weighted by Crippen LogP contribution is 2.23. The van der Waals surface area contributed by atoms with Crippen LogP contribution in [0.4, 0.5) is 10.5 Å². The summed E-state index contributed by atoms with van der Waals surface area (Å²) in [5.41, 5.74) is 0.682. The molecular formula is C14H20N2O3. The Labute approximate surface area is 113 Å². The van der Waals surface area contributed by atoms with Gasteiger partial charge in [-0.05, 0) is 26.0 Å². The smallest absolute Gasteiger partial charge is 0.322 e. The molecule has 0 aliphatic carbocycles. The number of rotatable bonds is 2. The van der Waals surface area contributed by atoms with Gasteiger partial charge >= 0.3 is 6.03 Å². The number of carbonyl (C=O) groups excluding carboxylic acids is 1. The second-order valence-corrected chi connectivity index (χ2v) is 4.79. The second kappa shape index (κ2) is 5.93. The summed E-state index contributed by atoms with van der Waals surface area (Å²) < 4.78 is 10.8. The molecule has 5 heteroatoms. The van der Waals surface area contributed by atoms with Crippen molar-refractivity contribution in [2.45, 2.75) is 26.1 Å². The zero-order valence-electron chi connectivity index (χ0n) is 11.6. The van der Waals surface area contributed by atoms with Gasteiger partial charge in [-0.15, -0.1) is 0 Å². The van der Waals surface area contributed by atoms with Crippen molar-refractivity contribution < 1.29 is 14.3 Å². The standard InChI is InChI=1S/C14H20N2O3/c1-10-8-16(9-11(2)19-10)14(17)15-12-6-4-5-7-13(12)18-3/h4-7,10-11H,8-9H2,1-3H3,(H,15,17)/t10-,11+. The van der Waals surface area contributed by atoms with Crippen molar-refractivity contribution in [1.82, 2.24) is 4.90 Å². The SMILES string of the molecule is COc1ccccc1NC(=O)N1C[C@@H](C)O[C@@H](C)C1. The largest absolute Gasteiger partial charge is 0.495 e. The van der Waals surface area contributed by atoms with Gasteiger partial charge in [0.15, 0.2) is 0 Å². The lowest BCUT2D eigenvalue weighted by Crippen LogP contribution is -2.49. The van der Waals surface area contributed by atoms with E-state index in [4.69, 9.17) is 9.47 Å². The lowest BCUT2D eigenvalue weighted by molar-refractivity contribution is -0.0530. The van der Waals surface area contributed by atoms with E-state index in [2.05, 4.69) is 5.32 Å². The number of carbonyl (C=O) groups is 1. The van der Waals surface area contributed by atoms with Crippen LogP contribution in [0.3, 0.4) is 0 Å². The number of amides is 2. The van der Waals surface area contributed by atoms with Crippen molar-refractivity contribution in [2.24, 2.45) is 0 Å². The minimum atomic E-state index is -0.119. The minimum absolute atomic E-state index is 0.0622. The molecule has 2 atom stereocenters. The van der Waals surface area contributed by atoms with Gasteiger partial charge in [0, 0.05) is 13.1 Å². The lowest BCUT2D eigenvalue weighted by atomic mass is 10.2. The summed E-state index contributed by atoms with van der Waals surface area (Å²) in [7, 11) is 1.59. The Morgan fingerprint density at radius 1 is 1.32 bits per heavy atom. The van der Waals surface area contributed by atoms with Gasteiger partial charge in [-0.2, -0.15) is 0 Å². The fourth-order valence-electron chi connectivity index (χ4n) is 2.29. The van der Waals surface area contributed by atoms with Crippen molar-refractivity contribution in [3.63, 3.8) is 0 Å².